The zero-order chi connectivity index (χ0) is 20.3. The molecule has 0 bridgehead atoms. The van der Waals surface area contributed by atoms with Crippen LogP contribution < -0.4 is 5.32 Å². The maximum absolute atomic E-state index is 12.3. The molecule has 1 fully saturated rings. The molecular weight excluding hydrogens is 364 g/mol. The van der Waals surface area contributed by atoms with E-state index in [9.17, 15) is 15.0 Å². The first-order chi connectivity index (χ1) is 14.1. The number of carboxylic acid groups (broad SMARTS) is 1. The Balaban J connectivity index is 1.43. The summed E-state index contributed by atoms with van der Waals surface area (Å²) in [4.78, 5) is 14.5. The van der Waals surface area contributed by atoms with E-state index in [0.29, 0.717) is 19.4 Å². The Labute approximate surface area is 172 Å². The molecule has 0 spiro atoms. The zero-order valence-electron chi connectivity index (χ0n) is 16.8. The van der Waals surface area contributed by atoms with Crippen molar-refractivity contribution in [2.45, 2.75) is 51.4 Å². The number of hydrogen-bond acceptors (Lipinski definition) is 4. The molecule has 5 nitrogen and oxygen atoms in total. The maximum Gasteiger partial charge on any atom is 0.313 e. The zero-order valence-corrected chi connectivity index (χ0v) is 16.8. The van der Waals surface area contributed by atoms with Crippen LogP contribution in [0, 0.1) is 5.41 Å². The predicted octanol–water partition coefficient (Wildman–Crippen LogP) is 2.95. The molecule has 2 heterocycles. The number of carbonyl (C=O) groups is 1. The van der Waals surface area contributed by atoms with Gasteiger partial charge in [-0.15, -0.1) is 0 Å². The largest absolute Gasteiger partial charge is 0.481 e. The van der Waals surface area contributed by atoms with Crippen molar-refractivity contribution in [3.8, 4) is 0 Å². The molecule has 5 heteroatoms. The van der Waals surface area contributed by atoms with Crippen molar-refractivity contribution in [2.75, 3.05) is 13.1 Å². The van der Waals surface area contributed by atoms with E-state index in [4.69, 9.17) is 0 Å². The van der Waals surface area contributed by atoms with Gasteiger partial charge in [-0.05, 0) is 47.9 Å². The first-order valence-electron chi connectivity index (χ1n) is 10.6. The van der Waals surface area contributed by atoms with Crippen LogP contribution in [0.1, 0.15) is 41.5 Å². The Bertz CT molecular complexity index is 854. The van der Waals surface area contributed by atoms with Crippen LogP contribution >= 0.6 is 0 Å². The Morgan fingerprint density at radius 2 is 1.90 bits per heavy atom. The minimum absolute atomic E-state index is 0.396. The van der Waals surface area contributed by atoms with Crippen molar-refractivity contribution < 1.29 is 15.0 Å². The smallest absolute Gasteiger partial charge is 0.313 e. The summed E-state index contributed by atoms with van der Waals surface area (Å²) >= 11 is 0. The third-order valence-corrected chi connectivity index (χ3v) is 6.53. The fourth-order valence-electron chi connectivity index (χ4n) is 4.82. The third-order valence-electron chi connectivity index (χ3n) is 6.53. The second-order valence-corrected chi connectivity index (χ2v) is 8.52. The molecule has 0 radical (unpaired) electrons. The highest BCUT2D eigenvalue weighted by Gasteiger charge is 2.48. The second-order valence-electron chi connectivity index (χ2n) is 8.52. The van der Waals surface area contributed by atoms with E-state index in [1.165, 1.54) is 22.3 Å². The molecule has 3 N–H and O–H groups in total. The Kier molecular flexibility index (Phi) is 5.99. The van der Waals surface area contributed by atoms with Crippen molar-refractivity contribution in [3.63, 3.8) is 0 Å². The van der Waals surface area contributed by atoms with Crippen molar-refractivity contribution in [1.82, 2.24) is 10.2 Å². The van der Waals surface area contributed by atoms with Gasteiger partial charge in [-0.3, -0.25) is 9.69 Å². The molecule has 29 heavy (non-hydrogen) atoms. The first kappa shape index (κ1) is 20.1. The minimum atomic E-state index is -1.09. The lowest BCUT2D eigenvalue weighted by molar-refractivity contribution is -0.164. The summed E-state index contributed by atoms with van der Waals surface area (Å²) in [5.74, 6) is -0.874. The number of nitrogens with one attached hydrogen (secondary N) is 1. The molecule has 0 aromatic heterocycles. The number of rotatable bonds is 7. The van der Waals surface area contributed by atoms with Gasteiger partial charge in [0.25, 0.3) is 0 Å². The molecule has 0 aliphatic carbocycles. The number of likely N-dealkylation sites (tertiary alicyclic amines) is 1. The second kappa shape index (κ2) is 8.66. The Morgan fingerprint density at radius 3 is 2.69 bits per heavy atom. The van der Waals surface area contributed by atoms with E-state index < -0.39 is 17.5 Å². The van der Waals surface area contributed by atoms with Crippen LogP contribution in [0.4, 0.5) is 0 Å². The van der Waals surface area contributed by atoms with Crippen LogP contribution in [0.15, 0.2) is 48.5 Å². The van der Waals surface area contributed by atoms with E-state index in [-0.39, 0.29) is 0 Å². The van der Waals surface area contributed by atoms with Crippen LogP contribution in [0.2, 0.25) is 0 Å². The van der Waals surface area contributed by atoms with Gasteiger partial charge in [0.05, 0.1) is 6.10 Å². The quantitative estimate of drug-likeness (QED) is 0.673. The van der Waals surface area contributed by atoms with Gasteiger partial charge in [0.2, 0.25) is 0 Å². The van der Waals surface area contributed by atoms with Crippen molar-refractivity contribution in [2.24, 2.45) is 5.41 Å². The summed E-state index contributed by atoms with van der Waals surface area (Å²) in [7, 11) is 0. The molecule has 0 amide bonds. The van der Waals surface area contributed by atoms with Crippen LogP contribution in [0.25, 0.3) is 0 Å². The summed E-state index contributed by atoms with van der Waals surface area (Å²) in [5.41, 5.74) is 4.02. The highest BCUT2D eigenvalue weighted by molar-refractivity contribution is 5.76. The van der Waals surface area contributed by atoms with Gasteiger partial charge in [0.15, 0.2) is 0 Å². The van der Waals surface area contributed by atoms with Crippen LogP contribution in [-0.2, 0) is 30.8 Å². The number of piperidine rings is 1. The van der Waals surface area contributed by atoms with Crippen molar-refractivity contribution in [1.29, 1.82) is 0 Å². The number of carboxylic acids is 1. The monoisotopic (exact) mass is 394 g/mol. The number of aliphatic carboxylic acids is 1. The SMILES string of the molecule is O=C(O)[C@]1(CCCc2ccccc2)CN(Cc2ccc3c(c2)CNC3)CC[C@H]1O. The molecule has 1 saturated heterocycles. The minimum Gasteiger partial charge on any atom is -0.481 e. The van der Waals surface area contributed by atoms with Crippen LogP contribution in [0.5, 0.6) is 0 Å². The lowest BCUT2D eigenvalue weighted by Gasteiger charge is -2.43. The van der Waals surface area contributed by atoms with Crippen molar-refractivity contribution >= 4 is 5.97 Å². The van der Waals surface area contributed by atoms with E-state index in [2.05, 4.69) is 40.5 Å². The number of aliphatic hydroxyl groups is 1. The summed E-state index contributed by atoms with van der Waals surface area (Å²) in [6.45, 7) is 3.68. The number of hydrogen-bond donors (Lipinski definition) is 3. The van der Waals surface area contributed by atoms with Gasteiger partial charge >= 0.3 is 5.97 Å². The maximum atomic E-state index is 12.3. The molecule has 154 valence electrons. The molecule has 2 aliphatic rings. The fourth-order valence-corrected chi connectivity index (χ4v) is 4.82. The summed E-state index contributed by atoms with van der Waals surface area (Å²) < 4.78 is 0. The van der Waals surface area contributed by atoms with Gasteiger partial charge in [0.1, 0.15) is 5.41 Å². The van der Waals surface area contributed by atoms with Gasteiger partial charge < -0.3 is 15.5 Å². The average molecular weight is 395 g/mol. The van der Waals surface area contributed by atoms with E-state index in [0.717, 1.165) is 39.0 Å². The summed E-state index contributed by atoms with van der Waals surface area (Å²) in [6, 6.07) is 16.7. The normalized spacial score (nSPS) is 24.4. The molecule has 0 unspecified atom stereocenters. The lowest BCUT2D eigenvalue weighted by atomic mass is 9.73. The Morgan fingerprint density at radius 1 is 1.10 bits per heavy atom. The molecule has 2 aromatic carbocycles. The Hall–Kier alpha value is -2.21. The fraction of sp³-hybridized carbons (Fsp3) is 0.458. The van der Waals surface area contributed by atoms with Gasteiger partial charge in [-0.1, -0.05) is 48.5 Å². The highest BCUT2D eigenvalue weighted by Crippen LogP contribution is 2.36. The number of benzene rings is 2. The molecule has 0 saturated carbocycles. The third kappa shape index (κ3) is 4.37. The van der Waals surface area contributed by atoms with Crippen molar-refractivity contribution in [3.05, 3.63) is 70.8 Å². The summed E-state index contributed by atoms with van der Waals surface area (Å²) in [6.07, 6.45) is 1.79. The number of nitrogens with zero attached hydrogens (tertiary/aromatic N) is 1. The van der Waals surface area contributed by atoms with Crippen LogP contribution in [-0.4, -0.2) is 40.3 Å². The number of fused-ring (bicyclic) bond motifs is 1. The number of aryl methyl sites for hydroxylation is 1. The standard InChI is InChI=1S/C24H30N2O3/c27-22-10-12-26(16-19-8-9-20-14-25-15-21(20)13-19)17-24(22,23(28)29)11-4-7-18-5-2-1-3-6-18/h1-3,5-6,8-9,13,22,25,27H,4,7,10-12,14-17H2,(H,28,29)/t22-,24-/m1/s1. The first-order valence-corrected chi connectivity index (χ1v) is 10.6. The van der Waals surface area contributed by atoms with Crippen LogP contribution in [0.3, 0.4) is 0 Å². The molecular formula is C24H30N2O3. The van der Waals surface area contributed by atoms with Gasteiger partial charge in [-0.25, -0.2) is 0 Å². The summed E-state index contributed by atoms with van der Waals surface area (Å²) in [5, 5.41) is 24.1. The van der Waals surface area contributed by atoms with Gasteiger partial charge in [-0.2, -0.15) is 0 Å². The molecule has 2 aromatic rings. The predicted molar refractivity (Wildman–Crippen MR) is 112 cm³/mol. The van der Waals surface area contributed by atoms with E-state index in [1.54, 1.807) is 0 Å². The average Bonchev–Trinajstić information content (AvgIpc) is 3.19. The van der Waals surface area contributed by atoms with E-state index >= 15 is 0 Å². The van der Waals surface area contributed by atoms with E-state index in [1.807, 2.05) is 18.2 Å². The molecule has 4 rings (SSSR count). The topological polar surface area (TPSA) is 72.8 Å². The number of aliphatic hydroxyl groups excluding tert-OH is 1. The highest BCUT2D eigenvalue weighted by atomic mass is 16.4. The molecule has 2 atom stereocenters. The lowest BCUT2D eigenvalue weighted by Crippen LogP contribution is -2.55. The van der Waals surface area contributed by atoms with Gasteiger partial charge in [0, 0.05) is 32.7 Å². The molecule has 2 aliphatic heterocycles.